The van der Waals surface area contributed by atoms with Gasteiger partial charge >= 0.3 is 39.5 Å². The summed E-state index contributed by atoms with van der Waals surface area (Å²) in [4.78, 5) is 72.6. The van der Waals surface area contributed by atoms with Gasteiger partial charge in [0.2, 0.25) is 0 Å². The second-order valence-electron chi connectivity index (χ2n) is 27.2. The molecule has 19 heteroatoms. The zero-order valence-electron chi connectivity index (χ0n) is 59.3. The summed E-state index contributed by atoms with van der Waals surface area (Å²) in [6.07, 6.45) is 47.2. The van der Waals surface area contributed by atoms with Gasteiger partial charge in [-0.1, -0.05) is 312 Å². The molecule has 0 saturated heterocycles. The Morgan fingerprint density at radius 2 is 0.560 bits per heavy atom. The van der Waals surface area contributed by atoms with E-state index in [2.05, 4.69) is 48.5 Å². The Morgan fingerprint density at radius 3 is 0.835 bits per heavy atom. The van der Waals surface area contributed by atoms with Crippen molar-refractivity contribution in [3.05, 3.63) is 0 Å². The van der Waals surface area contributed by atoms with E-state index in [1.807, 2.05) is 0 Å². The largest absolute Gasteiger partial charge is 0.472 e. The van der Waals surface area contributed by atoms with E-state index in [4.69, 9.17) is 37.0 Å². The van der Waals surface area contributed by atoms with Gasteiger partial charge in [-0.2, -0.15) is 0 Å². The molecule has 3 unspecified atom stereocenters. The van der Waals surface area contributed by atoms with Crippen LogP contribution in [-0.4, -0.2) is 96.7 Å². The maximum Gasteiger partial charge on any atom is 0.472 e. The topological polar surface area (TPSA) is 237 Å². The number of hydrogen-bond acceptors (Lipinski definition) is 15. The molecule has 91 heavy (non-hydrogen) atoms. The van der Waals surface area contributed by atoms with Gasteiger partial charge in [0.05, 0.1) is 26.4 Å². The minimum Gasteiger partial charge on any atom is -0.462 e. The second-order valence-corrected chi connectivity index (χ2v) is 30.1. The van der Waals surface area contributed by atoms with Crippen LogP contribution in [0.4, 0.5) is 0 Å². The number of hydrogen-bond donors (Lipinski definition) is 3. The zero-order chi connectivity index (χ0) is 67.3. The number of aliphatic hydroxyl groups excluding tert-OH is 1. The first-order valence-corrected chi connectivity index (χ1v) is 40.4. The third kappa shape index (κ3) is 65.1. The van der Waals surface area contributed by atoms with Crippen LogP contribution in [-0.2, 0) is 65.4 Å². The maximum atomic E-state index is 13.0. The number of carbonyl (C=O) groups is 4. The van der Waals surface area contributed by atoms with E-state index in [9.17, 15) is 43.2 Å². The summed E-state index contributed by atoms with van der Waals surface area (Å²) < 4.78 is 68.3. The molecule has 0 fully saturated rings. The molecule has 17 nitrogen and oxygen atoms in total. The first-order valence-electron chi connectivity index (χ1n) is 37.4. The van der Waals surface area contributed by atoms with Crippen LogP contribution < -0.4 is 0 Å². The van der Waals surface area contributed by atoms with Crippen LogP contribution in [0.3, 0.4) is 0 Å². The Morgan fingerprint density at radius 1 is 0.319 bits per heavy atom. The van der Waals surface area contributed by atoms with Gasteiger partial charge in [0.1, 0.15) is 19.3 Å². The third-order valence-electron chi connectivity index (χ3n) is 17.0. The van der Waals surface area contributed by atoms with Gasteiger partial charge in [0.25, 0.3) is 0 Å². The van der Waals surface area contributed by atoms with E-state index < -0.39 is 97.5 Å². The number of rotatable bonds is 70. The molecular weight excluding hydrogens is 1200 g/mol. The Bertz CT molecular complexity index is 1790. The third-order valence-corrected chi connectivity index (χ3v) is 18.9. The predicted molar refractivity (Wildman–Crippen MR) is 368 cm³/mol. The Balaban J connectivity index is 5.23. The van der Waals surface area contributed by atoms with E-state index in [1.54, 1.807) is 0 Å². The highest BCUT2D eigenvalue weighted by Crippen LogP contribution is 2.45. The Kier molecular flexibility index (Phi) is 61.5. The van der Waals surface area contributed by atoms with E-state index in [0.717, 1.165) is 108 Å². The van der Waals surface area contributed by atoms with E-state index in [-0.39, 0.29) is 25.7 Å². The molecule has 0 aliphatic rings. The maximum absolute atomic E-state index is 13.0. The van der Waals surface area contributed by atoms with Crippen molar-refractivity contribution in [1.29, 1.82) is 0 Å². The molecule has 0 aromatic carbocycles. The molecule has 0 bridgehead atoms. The highest BCUT2D eigenvalue weighted by atomic mass is 31.2. The van der Waals surface area contributed by atoms with Crippen LogP contribution in [0.15, 0.2) is 0 Å². The second kappa shape index (κ2) is 62.8. The number of unbranched alkanes of at least 4 members (excludes halogenated alkanes) is 37. The van der Waals surface area contributed by atoms with Crippen molar-refractivity contribution in [3.63, 3.8) is 0 Å². The highest BCUT2D eigenvalue weighted by Gasteiger charge is 2.30. The fourth-order valence-corrected chi connectivity index (χ4v) is 12.4. The fraction of sp³-hybridized carbons (Fsp3) is 0.944. The van der Waals surface area contributed by atoms with Crippen LogP contribution in [0, 0.1) is 17.8 Å². The number of carbonyl (C=O) groups excluding carboxylic acids is 4. The lowest BCUT2D eigenvalue weighted by Gasteiger charge is -2.21. The van der Waals surface area contributed by atoms with Crippen LogP contribution in [0.2, 0.25) is 0 Å². The number of phosphoric acid groups is 2. The molecule has 6 atom stereocenters. The number of aliphatic hydroxyl groups is 1. The predicted octanol–water partition coefficient (Wildman–Crippen LogP) is 20.6. The summed E-state index contributed by atoms with van der Waals surface area (Å²) in [7, 11) is -9.90. The summed E-state index contributed by atoms with van der Waals surface area (Å²) >= 11 is 0. The van der Waals surface area contributed by atoms with E-state index >= 15 is 0 Å². The molecular formula is C72H140O17P2. The lowest BCUT2D eigenvalue weighted by atomic mass is 9.99. The van der Waals surface area contributed by atoms with Crippen LogP contribution >= 0.6 is 15.6 Å². The van der Waals surface area contributed by atoms with Gasteiger partial charge in [-0.05, 0) is 43.4 Å². The van der Waals surface area contributed by atoms with Crippen LogP contribution in [0.5, 0.6) is 0 Å². The summed E-state index contributed by atoms with van der Waals surface area (Å²) in [5, 5.41) is 10.6. The summed E-state index contributed by atoms with van der Waals surface area (Å²) in [5.41, 5.74) is 0. The lowest BCUT2D eigenvalue weighted by molar-refractivity contribution is -0.161. The van der Waals surface area contributed by atoms with Crippen molar-refractivity contribution in [2.45, 2.75) is 381 Å². The smallest absolute Gasteiger partial charge is 0.462 e. The molecule has 0 aliphatic carbocycles. The van der Waals surface area contributed by atoms with Crippen molar-refractivity contribution in [3.8, 4) is 0 Å². The molecule has 0 aliphatic heterocycles. The molecule has 0 rings (SSSR count). The van der Waals surface area contributed by atoms with Gasteiger partial charge in [0, 0.05) is 25.7 Å². The molecule has 0 radical (unpaired) electrons. The van der Waals surface area contributed by atoms with E-state index in [1.165, 1.54) is 167 Å². The number of phosphoric ester groups is 2. The molecule has 0 saturated carbocycles. The Labute approximate surface area is 556 Å². The van der Waals surface area contributed by atoms with Crippen molar-refractivity contribution in [2.24, 2.45) is 17.8 Å². The van der Waals surface area contributed by atoms with Crippen molar-refractivity contribution in [2.75, 3.05) is 39.6 Å². The molecule has 0 spiro atoms. The summed E-state index contributed by atoms with van der Waals surface area (Å²) in [6.45, 7) is 11.8. The molecule has 0 heterocycles. The average molecular weight is 1340 g/mol. The minimum atomic E-state index is -4.95. The lowest BCUT2D eigenvalue weighted by Crippen LogP contribution is -2.30. The highest BCUT2D eigenvalue weighted by molar-refractivity contribution is 7.47. The summed E-state index contributed by atoms with van der Waals surface area (Å²) in [5.74, 6) is 0.145. The van der Waals surface area contributed by atoms with Gasteiger partial charge in [-0.25, -0.2) is 9.13 Å². The minimum absolute atomic E-state index is 0.106. The average Bonchev–Trinajstić information content (AvgIpc) is 3.65. The van der Waals surface area contributed by atoms with Crippen LogP contribution in [0.1, 0.15) is 363 Å². The fourth-order valence-electron chi connectivity index (χ4n) is 10.9. The van der Waals surface area contributed by atoms with Gasteiger partial charge in [0.15, 0.2) is 12.2 Å². The Hall–Kier alpha value is -1.94. The SMILES string of the molecule is CCCCCCCCCCCCCCC(=O)O[C@H](COC(=O)CCCCCCCCC(C)C)COP(=O)(O)OC[C@H](O)COP(=O)(O)OC[C@@H](COC(=O)CCCCCCCCCCCC(C)C)OC(=O)CCCCCCCCCCCCCCCCC(C)CC. The molecule has 0 aromatic rings. The quantitative estimate of drug-likeness (QED) is 0.0222. The van der Waals surface area contributed by atoms with Gasteiger partial charge in [-0.3, -0.25) is 37.3 Å². The normalized spacial score (nSPS) is 14.5. The monoisotopic (exact) mass is 1340 g/mol. The van der Waals surface area contributed by atoms with Gasteiger partial charge in [-0.15, -0.1) is 0 Å². The number of esters is 4. The number of ether oxygens (including phenoxy) is 4. The summed E-state index contributed by atoms with van der Waals surface area (Å²) in [6, 6.07) is 0. The molecule has 0 aromatic heterocycles. The first-order chi connectivity index (χ1) is 43.8. The zero-order valence-corrected chi connectivity index (χ0v) is 61.1. The standard InChI is InChI=1S/C72H140O17P2/c1-8-10-11-12-13-14-15-21-26-32-41-48-55-71(76)89-68(60-83-70(75)54-47-40-35-34-37-44-51-64(5)6)62-87-91(80,81)85-58-66(73)57-84-90(78,79)86-61-67(59-82-69(74)53-46-39-31-28-23-24-29-36-43-50-63(3)4)88-72(77)56-49-42-33-27-22-19-17-16-18-20-25-30-38-45-52-65(7)9-2/h63-68,73H,8-62H2,1-7H3,(H,78,79)(H,80,81)/t65?,66-,67-,68-/m1/s1. The van der Waals surface area contributed by atoms with Crippen molar-refractivity contribution in [1.82, 2.24) is 0 Å². The van der Waals surface area contributed by atoms with Crippen molar-refractivity contribution < 1.29 is 80.2 Å². The molecule has 0 amide bonds. The van der Waals surface area contributed by atoms with E-state index in [0.29, 0.717) is 31.6 Å². The van der Waals surface area contributed by atoms with Crippen LogP contribution in [0.25, 0.3) is 0 Å². The molecule has 3 N–H and O–H groups in total. The van der Waals surface area contributed by atoms with Crippen molar-refractivity contribution >= 4 is 39.5 Å². The molecule has 540 valence electrons. The first kappa shape index (κ1) is 89.1. The van der Waals surface area contributed by atoms with Gasteiger partial charge < -0.3 is 33.8 Å².